The normalized spacial score (nSPS) is 10.5. The van der Waals surface area contributed by atoms with E-state index in [0.29, 0.717) is 30.9 Å². The monoisotopic (exact) mass is 274 g/mol. The molecule has 6 heteroatoms. The van der Waals surface area contributed by atoms with Gasteiger partial charge in [-0.15, -0.1) is 0 Å². The van der Waals surface area contributed by atoms with Gasteiger partial charge in [0.2, 0.25) is 0 Å². The van der Waals surface area contributed by atoms with Crippen molar-refractivity contribution in [1.82, 2.24) is 9.78 Å². The van der Waals surface area contributed by atoms with Crippen molar-refractivity contribution in [3.63, 3.8) is 0 Å². The molecule has 0 aliphatic carbocycles. The Balaban J connectivity index is 2.01. The molecule has 0 radical (unpaired) electrons. The number of benzene rings is 1. The highest BCUT2D eigenvalue weighted by Crippen LogP contribution is 2.10. The van der Waals surface area contributed by atoms with Crippen molar-refractivity contribution in [2.24, 2.45) is 5.73 Å². The van der Waals surface area contributed by atoms with E-state index >= 15 is 0 Å². The number of nitrogens with zero attached hydrogens (tertiary/aromatic N) is 2. The summed E-state index contributed by atoms with van der Waals surface area (Å²) >= 11 is 0. The van der Waals surface area contributed by atoms with Crippen LogP contribution >= 0.6 is 0 Å². The summed E-state index contributed by atoms with van der Waals surface area (Å²) in [6.07, 6.45) is 3.38. The summed E-state index contributed by atoms with van der Waals surface area (Å²) in [7, 11) is 1.64. The fourth-order valence-electron chi connectivity index (χ4n) is 1.78. The first-order chi connectivity index (χ1) is 9.72. The molecule has 2 rings (SSSR count). The van der Waals surface area contributed by atoms with Gasteiger partial charge in [-0.25, -0.2) is 0 Å². The van der Waals surface area contributed by atoms with Gasteiger partial charge < -0.3 is 15.8 Å². The molecule has 0 aliphatic heterocycles. The van der Waals surface area contributed by atoms with Crippen LogP contribution in [0.3, 0.4) is 0 Å². The molecule has 0 saturated heterocycles. The standard InChI is InChI=1S/C14H18N4O2/c1-20-6-5-18-10-13(9-16-18)17-14(19)12-4-2-3-11(7-12)8-15/h2-4,7,9-10H,5-6,8,15H2,1H3,(H,17,19). The van der Waals surface area contributed by atoms with Crippen molar-refractivity contribution < 1.29 is 9.53 Å². The number of methoxy groups -OCH3 is 1. The Morgan fingerprint density at radius 2 is 2.35 bits per heavy atom. The smallest absolute Gasteiger partial charge is 0.255 e. The summed E-state index contributed by atoms with van der Waals surface area (Å²) in [5.74, 6) is -0.174. The average molecular weight is 274 g/mol. The van der Waals surface area contributed by atoms with Crippen LogP contribution in [0.4, 0.5) is 5.69 Å². The number of aromatic nitrogens is 2. The summed E-state index contributed by atoms with van der Waals surface area (Å²) in [5, 5.41) is 6.94. The molecule has 3 N–H and O–H groups in total. The molecule has 1 heterocycles. The lowest BCUT2D eigenvalue weighted by Gasteiger charge is -2.04. The molecule has 0 unspecified atom stereocenters. The van der Waals surface area contributed by atoms with Crippen LogP contribution in [0, 0.1) is 0 Å². The number of rotatable bonds is 6. The summed E-state index contributed by atoms with van der Waals surface area (Å²) in [6.45, 7) is 1.64. The first-order valence-electron chi connectivity index (χ1n) is 6.34. The van der Waals surface area contributed by atoms with Crippen LogP contribution in [0.2, 0.25) is 0 Å². The summed E-state index contributed by atoms with van der Waals surface area (Å²) in [6, 6.07) is 7.24. The van der Waals surface area contributed by atoms with Gasteiger partial charge in [0.15, 0.2) is 0 Å². The molecule has 0 aliphatic rings. The molecule has 20 heavy (non-hydrogen) atoms. The van der Waals surface area contributed by atoms with Gasteiger partial charge in [0, 0.05) is 25.4 Å². The Bertz CT molecular complexity index is 580. The number of amides is 1. The second-order valence-corrected chi connectivity index (χ2v) is 4.34. The van der Waals surface area contributed by atoms with Gasteiger partial charge in [-0.05, 0) is 17.7 Å². The maximum atomic E-state index is 12.1. The number of ether oxygens (including phenoxy) is 1. The number of carbonyl (C=O) groups is 1. The van der Waals surface area contributed by atoms with Crippen molar-refractivity contribution >= 4 is 11.6 Å². The van der Waals surface area contributed by atoms with Gasteiger partial charge >= 0.3 is 0 Å². The molecule has 0 spiro atoms. The van der Waals surface area contributed by atoms with Crippen LogP contribution in [-0.4, -0.2) is 29.4 Å². The van der Waals surface area contributed by atoms with Crippen LogP contribution in [0.15, 0.2) is 36.7 Å². The van der Waals surface area contributed by atoms with Gasteiger partial charge in [0.05, 0.1) is 25.0 Å². The maximum Gasteiger partial charge on any atom is 0.255 e. The molecule has 0 bridgehead atoms. The topological polar surface area (TPSA) is 82.2 Å². The predicted octanol–water partition coefficient (Wildman–Crippen LogP) is 1.24. The second kappa shape index (κ2) is 6.83. The highest BCUT2D eigenvalue weighted by molar-refractivity contribution is 6.04. The minimum Gasteiger partial charge on any atom is -0.383 e. The van der Waals surface area contributed by atoms with E-state index in [2.05, 4.69) is 10.4 Å². The Kier molecular flexibility index (Phi) is 4.86. The Morgan fingerprint density at radius 3 is 3.10 bits per heavy atom. The molecule has 0 saturated carbocycles. The molecule has 6 nitrogen and oxygen atoms in total. The largest absolute Gasteiger partial charge is 0.383 e. The van der Waals surface area contributed by atoms with Gasteiger partial charge in [0.1, 0.15) is 0 Å². The van der Waals surface area contributed by atoms with Crippen molar-refractivity contribution in [3.05, 3.63) is 47.8 Å². The SMILES string of the molecule is COCCn1cc(NC(=O)c2cccc(CN)c2)cn1. The zero-order valence-electron chi connectivity index (χ0n) is 11.4. The van der Waals surface area contributed by atoms with Crippen LogP contribution in [0.1, 0.15) is 15.9 Å². The minimum atomic E-state index is -0.174. The van der Waals surface area contributed by atoms with Crippen LogP contribution in [-0.2, 0) is 17.8 Å². The highest BCUT2D eigenvalue weighted by atomic mass is 16.5. The van der Waals surface area contributed by atoms with E-state index in [-0.39, 0.29) is 5.91 Å². The zero-order valence-corrected chi connectivity index (χ0v) is 11.4. The van der Waals surface area contributed by atoms with Crippen molar-refractivity contribution in [2.45, 2.75) is 13.1 Å². The van der Waals surface area contributed by atoms with E-state index in [1.165, 1.54) is 0 Å². The molecule has 1 amide bonds. The van der Waals surface area contributed by atoms with Crippen LogP contribution < -0.4 is 11.1 Å². The Hall–Kier alpha value is -2.18. The summed E-state index contributed by atoms with van der Waals surface area (Å²) in [5.41, 5.74) is 7.73. The van der Waals surface area contributed by atoms with E-state index in [4.69, 9.17) is 10.5 Å². The van der Waals surface area contributed by atoms with Crippen molar-refractivity contribution in [3.8, 4) is 0 Å². The quantitative estimate of drug-likeness (QED) is 0.830. The third-order valence-electron chi connectivity index (χ3n) is 2.84. The van der Waals surface area contributed by atoms with E-state index in [9.17, 15) is 4.79 Å². The van der Waals surface area contributed by atoms with Crippen LogP contribution in [0.25, 0.3) is 0 Å². The average Bonchev–Trinajstić information content (AvgIpc) is 2.92. The summed E-state index contributed by atoms with van der Waals surface area (Å²) in [4.78, 5) is 12.1. The van der Waals surface area contributed by atoms with E-state index in [1.54, 1.807) is 36.3 Å². The van der Waals surface area contributed by atoms with Gasteiger partial charge in [-0.3, -0.25) is 9.48 Å². The van der Waals surface area contributed by atoms with Crippen LogP contribution in [0.5, 0.6) is 0 Å². The van der Waals surface area contributed by atoms with Crippen molar-refractivity contribution in [2.75, 3.05) is 19.0 Å². The second-order valence-electron chi connectivity index (χ2n) is 4.34. The third-order valence-corrected chi connectivity index (χ3v) is 2.84. The molecule has 1 aromatic heterocycles. The molecular weight excluding hydrogens is 256 g/mol. The first-order valence-corrected chi connectivity index (χ1v) is 6.34. The minimum absolute atomic E-state index is 0.174. The Morgan fingerprint density at radius 1 is 1.50 bits per heavy atom. The number of hydrogen-bond donors (Lipinski definition) is 2. The lowest BCUT2D eigenvalue weighted by atomic mass is 10.1. The molecule has 1 aromatic carbocycles. The predicted molar refractivity (Wildman–Crippen MR) is 76.4 cm³/mol. The van der Waals surface area contributed by atoms with Crippen molar-refractivity contribution in [1.29, 1.82) is 0 Å². The molecule has 0 fully saturated rings. The lowest BCUT2D eigenvalue weighted by Crippen LogP contribution is -2.12. The Labute approximate surface area is 117 Å². The third kappa shape index (κ3) is 3.66. The van der Waals surface area contributed by atoms with E-state index < -0.39 is 0 Å². The number of hydrogen-bond acceptors (Lipinski definition) is 4. The van der Waals surface area contributed by atoms with Gasteiger partial charge in [-0.2, -0.15) is 5.10 Å². The van der Waals surface area contributed by atoms with Gasteiger partial charge in [0.25, 0.3) is 5.91 Å². The fraction of sp³-hybridized carbons (Fsp3) is 0.286. The fourth-order valence-corrected chi connectivity index (χ4v) is 1.78. The molecule has 0 atom stereocenters. The van der Waals surface area contributed by atoms with E-state index in [1.807, 2.05) is 12.1 Å². The number of carbonyl (C=O) groups excluding carboxylic acids is 1. The summed E-state index contributed by atoms with van der Waals surface area (Å²) < 4.78 is 6.69. The van der Waals surface area contributed by atoms with Gasteiger partial charge in [-0.1, -0.05) is 12.1 Å². The molecular formula is C14H18N4O2. The lowest BCUT2D eigenvalue weighted by molar-refractivity contribution is 0.102. The first kappa shape index (κ1) is 14.2. The molecule has 106 valence electrons. The highest BCUT2D eigenvalue weighted by Gasteiger charge is 2.08. The number of nitrogens with one attached hydrogen (secondary N) is 1. The number of nitrogens with two attached hydrogens (primary N) is 1. The number of anilines is 1. The van der Waals surface area contributed by atoms with E-state index in [0.717, 1.165) is 5.56 Å². The maximum absolute atomic E-state index is 12.1. The molecule has 2 aromatic rings. The zero-order chi connectivity index (χ0) is 14.4.